The quantitative estimate of drug-likeness (QED) is 0.295. The van der Waals surface area contributed by atoms with E-state index >= 15 is 0 Å². The Kier molecular flexibility index (Phi) is 3.80. The maximum absolute atomic E-state index is 12.4. The standard InChI is InChI=1S/C13H17N5O6/c1-4-16-10(14)7-5(11(15)22)2-17(12(7)18(4)23)13-9(21)8(20)6(3-19)24-13/h2,6,8-9,13,19-21H,3H2,1H3,(H2,14,16)(H2,15,22)/t6-,8-,9-,13-/m1/s1. The number of aliphatic hydroxyl groups excluding tert-OH is 3. The Labute approximate surface area is 135 Å². The minimum absolute atomic E-state index is 0.0158. The number of hydrogen-bond donors (Lipinski definition) is 5. The van der Waals surface area contributed by atoms with Crippen LogP contribution in [0.2, 0.25) is 0 Å². The molecule has 11 heteroatoms. The highest BCUT2D eigenvalue weighted by Crippen LogP contribution is 2.34. The number of aryl methyl sites for hydroxylation is 1. The minimum atomic E-state index is -1.44. The molecule has 1 aliphatic heterocycles. The number of carbonyl (C=O) groups is 1. The third-order valence-electron chi connectivity index (χ3n) is 4.09. The molecule has 3 heterocycles. The van der Waals surface area contributed by atoms with E-state index in [-0.39, 0.29) is 28.2 Å². The van der Waals surface area contributed by atoms with Crippen LogP contribution in [0.15, 0.2) is 6.20 Å². The van der Waals surface area contributed by atoms with Crippen LogP contribution in [-0.4, -0.2) is 55.7 Å². The summed E-state index contributed by atoms with van der Waals surface area (Å²) in [5.74, 6) is -0.904. The second kappa shape index (κ2) is 5.56. The summed E-state index contributed by atoms with van der Waals surface area (Å²) >= 11 is 0. The molecule has 1 aliphatic rings. The van der Waals surface area contributed by atoms with Crippen LogP contribution in [0.3, 0.4) is 0 Å². The van der Waals surface area contributed by atoms with Gasteiger partial charge in [0.25, 0.3) is 5.91 Å². The molecule has 24 heavy (non-hydrogen) atoms. The zero-order valence-electron chi connectivity index (χ0n) is 12.7. The summed E-state index contributed by atoms with van der Waals surface area (Å²) in [4.78, 5) is 15.5. The fraction of sp³-hybridized carbons (Fsp3) is 0.462. The van der Waals surface area contributed by atoms with Crippen molar-refractivity contribution < 1.29 is 29.6 Å². The summed E-state index contributed by atoms with van der Waals surface area (Å²) in [5.41, 5.74) is 11.0. The Morgan fingerprint density at radius 3 is 2.71 bits per heavy atom. The molecule has 0 aromatic carbocycles. The van der Waals surface area contributed by atoms with E-state index in [1.807, 2.05) is 0 Å². The van der Waals surface area contributed by atoms with Crippen LogP contribution in [0.4, 0.5) is 5.82 Å². The van der Waals surface area contributed by atoms with Gasteiger partial charge in [-0.25, -0.2) is 9.30 Å². The molecule has 0 unspecified atom stereocenters. The van der Waals surface area contributed by atoms with Crippen molar-refractivity contribution in [2.45, 2.75) is 31.5 Å². The van der Waals surface area contributed by atoms with Crippen LogP contribution in [-0.2, 0) is 4.74 Å². The van der Waals surface area contributed by atoms with Gasteiger partial charge in [-0.2, -0.15) is 0 Å². The number of aliphatic hydroxyl groups is 3. The van der Waals surface area contributed by atoms with Crippen LogP contribution >= 0.6 is 0 Å². The molecule has 130 valence electrons. The SMILES string of the molecule is Cc1nc(N)c2c(C(N)=O)cn([C@@H]3O[C@H](CO)[C@@H](O)[C@H]3O)c2[n+]1[O-]. The number of rotatable bonds is 3. The number of ether oxygens (including phenoxy) is 1. The van der Waals surface area contributed by atoms with E-state index in [1.165, 1.54) is 13.1 Å². The third-order valence-corrected chi connectivity index (χ3v) is 4.09. The highest BCUT2D eigenvalue weighted by atomic mass is 16.6. The van der Waals surface area contributed by atoms with Crippen molar-refractivity contribution in [3.8, 4) is 0 Å². The number of aromatic nitrogens is 3. The molecule has 3 rings (SSSR count). The first-order valence-corrected chi connectivity index (χ1v) is 7.10. The maximum Gasteiger partial charge on any atom is 0.252 e. The molecule has 1 amide bonds. The first-order chi connectivity index (χ1) is 11.3. The minimum Gasteiger partial charge on any atom is -0.740 e. The molecule has 0 aliphatic carbocycles. The topological polar surface area (TPSA) is 184 Å². The number of carbonyl (C=O) groups excluding carboxylic acids is 1. The zero-order chi connectivity index (χ0) is 17.8. The average molecular weight is 339 g/mol. The van der Waals surface area contributed by atoms with Crippen molar-refractivity contribution in [2.24, 2.45) is 5.73 Å². The van der Waals surface area contributed by atoms with Crippen molar-refractivity contribution in [1.29, 1.82) is 0 Å². The van der Waals surface area contributed by atoms with Crippen LogP contribution < -0.4 is 16.2 Å². The van der Waals surface area contributed by atoms with Gasteiger partial charge in [0.1, 0.15) is 23.7 Å². The number of nitrogens with two attached hydrogens (primary N) is 2. The molecule has 1 fully saturated rings. The normalized spacial score (nSPS) is 27.0. The molecule has 0 radical (unpaired) electrons. The summed E-state index contributed by atoms with van der Waals surface area (Å²) in [6.07, 6.45) is -3.85. The van der Waals surface area contributed by atoms with E-state index in [0.717, 1.165) is 4.57 Å². The Morgan fingerprint density at radius 2 is 2.17 bits per heavy atom. The van der Waals surface area contributed by atoms with Crippen LogP contribution in [0.5, 0.6) is 0 Å². The third kappa shape index (κ3) is 2.17. The predicted octanol–water partition coefficient (Wildman–Crippen LogP) is -2.73. The van der Waals surface area contributed by atoms with E-state index in [4.69, 9.17) is 16.2 Å². The predicted molar refractivity (Wildman–Crippen MR) is 79.4 cm³/mol. The largest absolute Gasteiger partial charge is 0.740 e. The second-order valence-electron chi connectivity index (χ2n) is 5.58. The summed E-state index contributed by atoms with van der Waals surface area (Å²) in [6, 6.07) is 0. The Morgan fingerprint density at radius 1 is 1.50 bits per heavy atom. The molecule has 2 aromatic heterocycles. The number of primary amides is 1. The number of amides is 1. The van der Waals surface area contributed by atoms with Gasteiger partial charge in [0.05, 0.1) is 18.4 Å². The van der Waals surface area contributed by atoms with Crippen molar-refractivity contribution in [2.75, 3.05) is 12.3 Å². The molecule has 4 atom stereocenters. The van der Waals surface area contributed by atoms with Crippen molar-refractivity contribution in [3.05, 3.63) is 22.8 Å². The van der Waals surface area contributed by atoms with E-state index in [1.54, 1.807) is 0 Å². The summed E-state index contributed by atoms with van der Waals surface area (Å²) < 4.78 is 6.99. The van der Waals surface area contributed by atoms with Gasteiger partial charge in [-0.1, -0.05) is 4.98 Å². The van der Waals surface area contributed by atoms with E-state index in [2.05, 4.69) is 4.98 Å². The first kappa shape index (κ1) is 16.4. The molecule has 2 aromatic rings. The van der Waals surface area contributed by atoms with Crippen molar-refractivity contribution >= 4 is 22.8 Å². The average Bonchev–Trinajstić information content (AvgIpc) is 3.05. The molecule has 7 N–H and O–H groups in total. The molecule has 11 nitrogen and oxygen atoms in total. The fourth-order valence-electron chi connectivity index (χ4n) is 2.89. The van der Waals surface area contributed by atoms with Gasteiger partial charge in [0, 0.05) is 6.92 Å². The van der Waals surface area contributed by atoms with Gasteiger partial charge < -0.3 is 36.7 Å². The molecule has 1 saturated heterocycles. The van der Waals surface area contributed by atoms with Gasteiger partial charge in [0.2, 0.25) is 23.5 Å². The smallest absolute Gasteiger partial charge is 0.252 e. The van der Waals surface area contributed by atoms with Crippen LogP contribution in [0.25, 0.3) is 11.0 Å². The molecular weight excluding hydrogens is 322 g/mol. The van der Waals surface area contributed by atoms with Crippen LogP contribution in [0, 0.1) is 12.1 Å². The summed E-state index contributed by atoms with van der Waals surface area (Å²) in [7, 11) is 0. The molecular formula is C13H17N5O6. The van der Waals surface area contributed by atoms with Crippen LogP contribution in [0.1, 0.15) is 22.4 Å². The van der Waals surface area contributed by atoms with Gasteiger partial charge in [0.15, 0.2) is 0 Å². The highest BCUT2D eigenvalue weighted by molar-refractivity contribution is 6.08. The van der Waals surface area contributed by atoms with Gasteiger partial charge in [-0.05, 0) is 0 Å². The Bertz CT molecular complexity index is 821. The number of fused-ring (bicyclic) bond motifs is 1. The summed E-state index contributed by atoms with van der Waals surface area (Å²) in [5, 5.41) is 41.7. The number of anilines is 1. The van der Waals surface area contributed by atoms with Crippen molar-refractivity contribution in [1.82, 2.24) is 9.55 Å². The molecule has 0 saturated carbocycles. The lowest BCUT2D eigenvalue weighted by Gasteiger charge is -2.17. The van der Waals surface area contributed by atoms with Gasteiger partial charge >= 0.3 is 0 Å². The number of nitrogen functional groups attached to an aromatic ring is 1. The monoisotopic (exact) mass is 339 g/mol. The van der Waals surface area contributed by atoms with E-state index in [9.17, 15) is 25.3 Å². The first-order valence-electron chi connectivity index (χ1n) is 7.10. The second-order valence-corrected chi connectivity index (χ2v) is 5.58. The lowest BCUT2D eigenvalue weighted by molar-refractivity contribution is -0.591. The molecule has 0 bridgehead atoms. The molecule has 0 spiro atoms. The lowest BCUT2D eigenvalue weighted by atomic mass is 10.1. The van der Waals surface area contributed by atoms with E-state index in [0.29, 0.717) is 4.73 Å². The lowest BCUT2D eigenvalue weighted by Crippen LogP contribution is -2.37. The Balaban J connectivity index is 2.28. The Hall–Kier alpha value is -2.47. The number of hydrogen-bond acceptors (Lipinski definition) is 8. The summed E-state index contributed by atoms with van der Waals surface area (Å²) in [6.45, 7) is 0.887. The number of nitrogens with zero attached hydrogens (tertiary/aromatic N) is 3. The highest BCUT2D eigenvalue weighted by Gasteiger charge is 2.46. The van der Waals surface area contributed by atoms with E-state index < -0.39 is 37.1 Å². The van der Waals surface area contributed by atoms with Gasteiger partial charge in [-0.3, -0.25) is 4.79 Å². The van der Waals surface area contributed by atoms with Gasteiger partial charge in [-0.15, -0.1) is 0 Å². The maximum atomic E-state index is 12.4. The zero-order valence-corrected chi connectivity index (χ0v) is 12.7. The fourth-order valence-corrected chi connectivity index (χ4v) is 2.89. The van der Waals surface area contributed by atoms with Crippen molar-refractivity contribution in [3.63, 3.8) is 0 Å².